The number of aromatic nitrogens is 2. The Morgan fingerprint density at radius 2 is 1.76 bits per heavy atom. The quantitative estimate of drug-likeness (QED) is 0.184. The molecule has 164 valence electrons. The molecule has 0 saturated heterocycles. The average Bonchev–Trinajstić information content (AvgIpc) is 3.02. The van der Waals surface area contributed by atoms with Crippen LogP contribution in [0.15, 0.2) is 23.4 Å². The molecule has 0 radical (unpaired) electrons. The normalized spacial score (nSPS) is 12.0. The lowest BCUT2D eigenvalue weighted by Gasteiger charge is -2.18. The molecule has 0 saturated carbocycles. The summed E-state index contributed by atoms with van der Waals surface area (Å²) >= 11 is 1.67. The van der Waals surface area contributed by atoms with Gasteiger partial charge in [0.05, 0.1) is 37.0 Å². The van der Waals surface area contributed by atoms with Gasteiger partial charge in [0.15, 0.2) is 5.16 Å². The Morgan fingerprint density at radius 3 is 2.38 bits per heavy atom. The molecular formula is C21H35N2O4PS. The van der Waals surface area contributed by atoms with Crippen LogP contribution in [0.5, 0.6) is 5.75 Å². The summed E-state index contributed by atoms with van der Waals surface area (Å²) in [5, 5.41) is 0.947. The van der Waals surface area contributed by atoms with Crippen LogP contribution in [0.25, 0.3) is 11.0 Å². The Bertz CT molecular complexity index is 782. The number of imidazole rings is 1. The lowest BCUT2D eigenvalue weighted by Crippen LogP contribution is -2.04. The minimum Gasteiger partial charge on any atom is -0.494 e. The molecule has 8 heteroatoms. The predicted molar refractivity (Wildman–Crippen MR) is 121 cm³/mol. The SMILES string of the molecule is CCCCOP(=O)(CCCSc1nc2ccc(OCC)cc2n1C)OCCCC. The predicted octanol–water partition coefficient (Wildman–Crippen LogP) is 6.28. The number of ether oxygens (including phenoxy) is 1. The van der Waals surface area contributed by atoms with Crippen LogP contribution >= 0.6 is 19.4 Å². The lowest BCUT2D eigenvalue weighted by atomic mass is 10.3. The molecule has 0 bridgehead atoms. The maximum Gasteiger partial charge on any atom is 0.330 e. The van der Waals surface area contributed by atoms with Gasteiger partial charge in [-0.05, 0) is 38.3 Å². The van der Waals surface area contributed by atoms with Crippen molar-refractivity contribution in [3.8, 4) is 5.75 Å². The average molecular weight is 443 g/mol. The lowest BCUT2D eigenvalue weighted by molar-refractivity contribution is 0.200. The molecule has 1 heterocycles. The van der Waals surface area contributed by atoms with Crippen LogP contribution in [-0.2, 0) is 20.7 Å². The zero-order chi connectivity index (χ0) is 21.1. The second-order valence-electron chi connectivity index (χ2n) is 6.95. The highest BCUT2D eigenvalue weighted by Gasteiger charge is 2.24. The molecule has 0 aliphatic heterocycles. The molecule has 0 atom stereocenters. The van der Waals surface area contributed by atoms with E-state index in [1.54, 1.807) is 11.8 Å². The molecule has 1 aromatic carbocycles. The Labute approximate surface area is 179 Å². The molecule has 0 aliphatic carbocycles. The highest BCUT2D eigenvalue weighted by molar-refractivity contribution is 7.99. The molecule has 0 amide bonds. The number of hydrogen-bond donors (Lipinski definition) is 0. The number of unbranched alkanes of at least 4 members (excludes halogenated alkanes) is 2. The van der Waals surface area contributed by atoms with Crippen LogP contribution in [0, 0.1) is 0 Å². The largest absolute Gasteiger partial charge is 0.494 e. The molecule has 6 nitrogen and oxygen atoms in total. The fourth-order valence-corrected chi connectivity index (χ4v) is 5.65. The van der Waals surface area contributed by atoms with E-state index in [4.69, 9.17) is 18.8 Å². The summed E-state index contributed by atoms with van der Waals surface area (Å²) < 4.78 is 32.0. The van der Waals surface area contributed by atoms with Crippen molar-refractivity contribution < 1.29 is 18.3 Å². The monoisotopic (exact) mass is 442 g/mol. The molecule has 0 fully saturated rings. The maximum atomic E-state index is 13.0. The van der Waals surface area contributed by atoms with E-state index in [2.05, 4.69) is 18.4 Å². The number of fused-ring (bicyclic) bond motifs is 1. The van der Waals surface area contributed by atoms with E-state index in [-0.39, 0.29) is 0 Å². The number of rotatable bonds is 15. The van der Waals surface area contributed by atoms with Crippen molar-refractivity contribution in [2.75, 3.05) is 31.7 Å². The van der Waals surface area contributed by atoms with Gasteiger partial charge in [-0.3, -0.25) is 4.57 Å². The van der Waals surface area contributed by atoms with Gasteiger partial charge in [-0.2, -0.15) is 0 Å². The zero-order valence-corrected chi connectivity index (χ0v) is 19.9. The van der Waals surface area contributed by atoms with Crippen LogP contribution in [0.2, 0.25) is 0 Å². The molecule has 0 spiro atoms. The molecule has 0 N–H and O–H groups in total. The molecule has 1 aromatic heterocycles. The fourth-order valence-electron chi connectivity index (χ4n) is 2.82. The van der Waals surface area contributed by atoms with Gasteiger partial charge in [0.2, 0.25) is 0 Å². The van der Waals surface area contributed by atoms with Crippen LogP contribution < -0.4 is 4.74 Å². The number of aryl methyl sites for hydroxylation is 1. The van der Waals surface area contributed by atoms with Crippen molar-refractivity contribution in [3.63, 3.8) is 0 Å². The first kappa shape index (κ1) is 24.3. The topological polar surface area (TPSA) is 62.6 Å². The van der Waals surface area contributed by atoms with Crippen LogP contribution in [0.1, 0.15) is 52.9 Å². The zero-order valence-electron chi connectivity index (χ0n) is 18.2. The van der Waals surface area contributed by atoms with Crippen molar-refractivity contribution in [2.45, 2.75) is 58.0 Å². The number of thioether (sulfide) groups is 1. The molecule has 0 aliphatic rings. The number of benzene rings is 1. The Morgan fingerprint density at radius 1 is 1.07 bits per heavy atom. The maximum absolute atomic E-state index is 13.0. The van der Waals surface area contributed by atoms with E-state index in [1.165, 1.54) is 0 Å². The second kappa shape index (κ2) is 12.6. The van der Waals surface area contributed by atoms with E-state index in [1.807, 2.05) is 32.2 Å². The Hall–Kier alpha value is -1.01. The molecule has 2 rings (SSSR count). The third-order valence-corrected chi connectivity index (χ3v) is 7.63. The highest BCUT2D eigenvalue weighted by Crippen LogP contribution is 2.49. The van der Waals surface area contributed by atoms with Gasteiger partial charge in [-0.1, -0.05) is 38.5 Å². The first-order valence-corrected chi connectivity index (χ1v) is 13.3. The minimum atomic E-state index is -3.01. The Kier molecular flexibility index (Phi) is 10.6. The second-order valence-corrected chi connectivity index (χ2v) is 10.2. The van der Waals surface area contributed by atoms with Crippen molar-refractivity contribution >= 4 is 30.4 Å². The van der Waals surface area contributed by atoms with Crippen molar-refractivity contribution in [3.05, 3.63) is 18.2 Å². The van der Waals surface area contributed by atoms with Crippen molar-refractivity contribution in [2.24, 2.45) is 7.05 Å². The van der Waals surface area contributed by atoms with Crippen molar-refractivity contribution in [1.82, 2.24) is 9.55 Å². The van der Waals surface area contributed by atoms with Crippen LogP contribution in [-0.4, -0.2) is 41.3 Å². The fraction of sp³-hybridized carbons (Fsp3) is 0.667. The smallest absolute Gasteiger partial charge is 0.330 e. The third kappa shape index (κ3) is 7.63. The standard InChI is InChI=1S/C21H35N2O4PS/c1-5-8-13-26-28(24,27-14-9-6-2)15-10-16-29-21-22-19-12-11-18(25-7-3)17-20(19)23(21)4/h11-12,17H,5-10,13-16H2,1-4H3. The first-order valence-electron chi connectivity index (χ1n) is 10.6. The number of nitrogens with zero attached hydrogens (tertiary/aromatic N) is 2. The summed E-state index contributed by atoms with van der Waals surface area (Å²) in [5.41, 5.74) is 2.00. The number of hydrogen-bond acceptors (Lipinski definition) is 6. The van der Waals surface area contributed by atoms with Gasteiger partial charge in [-0.15, -0.1) is 0 Å². The summed E-state index contributed by atoms with van der Waals surface area (Å²) in [7, 11) is -0.998. The van der Waals surface area contributed by atoms with Gasteiger partial charge in [-0.25, -0.2) is 4.98 Å². The molecule has 0 unspecified atom stereocenters. The third-order valence-electron chi connectivity index (χ3n) is 4.50. The molecule has 29 heavy (non-hydrogen) atoms. The van der Waals surface area contributed by atoms with Gasteiger partial charge >= 0.3 is 7.60 Å². The van der Waals surface area contributed by atoms with E-state index in [0.29, 0.717) is 26.0 Å². The summed E-state index contributed by atoms with van der Waals surface area (Å²) in [5.74, 6) is 1.67. The van der Waals surface area contributed by atoms with Crippen LogP contribution in [0.3, 0.4) is 0 Å². The van der Waals surface area contributed by atoms with Crippen molar-refractivity contribution in [1.29, 1.82) is 0 Å². The van der Waals surface area contributed by atoms with Gasteiger partial charge in [0.1, 0.15) is 5.75 Å². The van der Waals surface area contributed by atoms with E-state index >= 15 is 0 Å². The van der Waals surface area contributed by atoms with Crippen LogP contribution in [0.4, 0.5) is 0 Å². The van der Waals surface area contributed by atoms with E-state index in [9.17, 15) is 4.57 Å². The molecule has 2 aromatic rings. The Balaban J connectivity index is 1.91. The summed E-state index contributed by atoms with van der Waals surface area (Å²) in [6, 6.07) is 5.96. The highest BCUT2D eigenvalue weighted by atomic mass is 32.2. The summed E-state index contributed by atoms with van der Waals surface area (Å²) in [6.45, 7) is 7.81. The van der Waals surface area contributed by atoms with Gasteiger partial charge < -0.3 is 18.4 Å². The van der Waals surface area contributed by atoms with Gasteiger partial charge in [0.25, 0.3) is 0 Å². The summed E-state index contributed by atoms with van der Waals surface area (Å²) in [4.78, 5) is 4.71. The summed E-state index contributed by atoms with van der Waals surface area (Å²) in [6.07, 6.45) is 5.05. The molecular weight excluding hydrogens is 407 g/mol. The van der Waals surface area contributed by atoms with E-state index in [0.717, 1.165) is 59.8 Å². The first-order chi connectivity index (χ1) is 14.0. The minimum absolute atomic E-state index is 0.450. The van der Waals surface area contributed by atoms with E-state index < -0.39 is 7.60 Å². The van der Waals surface area contributed by atoms with Gasteiger partial charge in [0, 0.05) is 18.9 Å².